The fourth-order valence-electron chi connectivity index (χ4n) is 5.72. The SMILES string of the molecule is CCCCCCCc1cnc(-c2ccc(OC(=O)C(C)C(Br)CC)cc2)cn1.CCCCCCc1cnc(-c2ccc(OC(=O)C(C)C(Br)CC)cc2)cn1. The molecule has 0 fully saturated rings. The summed E-state index contributed by atoms with van der Waals surface area (Å²) in [5.41, 5.74) is 5.65. The van der Waals surface area contributed by atoms with E-state index in [2.05, 4.69) is 65.6 Å². The zero-order valence-corrected chi connectivity index (χ0v) is 36.8. The first kappa shape index (κ1) is 45.9. The van der Waals surface area contributed by atoms with Crippen LogP contribution in [0, 0.1) is 11.8 Å². The number of carbonyl (C=O) groups is 2. The van der Waals surface area contributed by atoms with E-state index in [0.29, 0.717) is 11.5 Å². The highest BCUT2D eigenvalue weighted by Crippen LogP contribution is 2.25. The number of nitrogens with zero attached hydrogens (tertiary/aromatic N) is 4. The van der Waals surface area contributed by atoms with Gasteiger partial charge in [0.25, 0.3) is 0 Å². The third kappa shape index (κ3) is 16.2. The number of halogens is 2. The van der Waals surface area contributed by atoms with E-state index in [-0.39, 0.29) is 33.4 Å². The lowest BCUT2D eigenvalue weighted by atomic mass is 10.1. The van der Waals surface area contributed by atoms with Gasteiger partial charge in [-0.25, -0.2) is 0 Å². The molecule has 0 saturated heterocycles. The van der Waals surface area contributed by atoms with Gasteiger partial charge in [0.15, 0.2) is 0 Å². The summed E-state index contributed by atoms with van der Waals surface area (Å²) >= 11 is 7.03. The van der Waals surface area contributed by atoms with Crippen LogP contribution in [0.5, 0.6) is 11.5 Å². The molecule has 4 atom stereocenters. The molecule has 0 spiro atoms. The predicted octanol–water partition coefficient (Wildman–Crippen LogP) is 12.4. The van der Waals surface area contributed by atoms with Gasteiger partial charge in [-0.1, -0.05) is 118 Å². The van der Waals surface area contributed by atoms with E-state index in [0.717, 1.165) is 66.0 Å². The van der Waals surface area contributed by atoms with Gasteiger partial charge < -0.3 is 9.47 Å². The van der Waals surface area contributed by atoms with E-state index < -0.39 is 0 Å². The van der Waals surface area contributed by atoms with Crippen LogP contribution in [0.3, 0.4) is 0 Å². The Kier molecular flexibility index (Phi) is 21.4. The van der Waals surface area contributed by atoms with Crippen molar-refractivity contribution in [3.8, 4) is 34.0 Å². The van der Waals surface area contributed by atoms with Gasteiger partial charge in [0.1, 0.15) is 11.5 Å². The summed E-state index contributed by atoms with van der Waals surface area (Å²) in [4.78, 5) is 42.7. The maximum Gasteiger partial charge on any atom is 0.315 e. The summed E-state index contributed by atoms with van der Waals surface area (Å²) in [7, 11) is 0. The first-order valence-electron chi connectivity index (χ1n) is 20.1. The maximum atomic E-state index is 12.2. The zero-order chi connectivity index (χ0) is 40.0. The molecule has 298 valence electrons. The first-order chi connectivity index (χ1) is 26.6. The van der Waals surface area contributed by atoms with Gasteiger partial charge in [-0.15, -0.1) is 0 Å². The topological polar surface area (TPSA) is 104 Å². The second-order valence-corrected chi connectivity index (χ2v) is 16.4. The van der Waals surface area contributed by atoms with Gasteiger partial charge in [0, 0.05) is 33.2 Å². The third-order valence-corrected chi connectivity index (χ3v) is 12.5. The zero-order valence-electron chi connectivity index (χ0n) is 33.6. The molecule has 0 aliphatic carbocycles. The Morgan fingerprint density at radius 3 is 1.22 bits per heavy atom. The van der Waals surface area contributed by atoms with Crippen molar-refractivity contribution >= 4 is 43.8 Å². The van der Waals surface area contributed by atoms with Gasteiger partial charge in [0.2, 0.25) is 0 Å². The van der Waals surface area contributed by atoms with Crippen molar-refractivity contribution in [3.63, 3.8) is 0 Å². The van der Waals surface area contributed by atoms with Crippen LogP contribution in [-0.4, -0.2) is 41.5 Å². The summed E-state index contributed by atoms with van der Waals surface area (Å²) in [6, 6.07) is 14.8. The van der Waals surface area contributed by atoms with Crippen LogP contribution in [0.4, 0.5) is 0 Å². The van der Waals surface area contributed by atoms with Gasteiger partial charge in [-0.3, -0.25) is 29.5 Å². The van der Waals surface area contributed by atoms with Crippen molar-refractivity contribution in [1.82, 2.24) is 19.9 Å². The maximum absolute atomic E-state index is 12.2. The van der Waals surface area contributed by atoms with Crippen molar-refractivity contribution in [2.45, 2.75) is 135 Å². The Labute approximate surface area is 346 Å². The highest BCUT2D eigenvalue weighted by Gasteiger charge is 2.23. The van der Waals surface area contributed by atoms with E-state index in [4.69, 9.17) is 9.47 Å². The molecular formula is C45H60Br2N4O4. The number of rotatable bonds is 21. The highest BCUT2D eigenvalue weighted by molar-refractivity contribution is 9.09. The number of ether oxygens (including phenoxy) is 2. The number of aryl methyl sites for hydroxylation is 2. The number of aromatic nitrogens is 4. The van der Waals surface area contributed by atoms with E-state index in [1.54, 1.807) is 24.3 Å². The molecular weight excluding hydrogens is 820 g/mol. The lowest BCUT2D eigenvalue weighted by molar-refractivity contribution is -0.139. The second kappa shape index (κ2) is 25.6. The Bertz CT molecular complexity index is 1670. The number of benzene rings is 2. The molecule has 55 heavy (non-hydrogen) atoms. The molecule has 0 bridgehead atoms. The summed E-state index contributed by atoms with van der Waals surface area (Å²) < 4.78 is 10.9. The van der Waals surface area contributed by atoms with Crippen LogP contribution >= 0.6 is 31.9 Å². The van der Waals surface area contributed by atoms with E-state index in [1.807, 2.05) is 76.7 Å². The molecule has 0 amide bonds. The number of esters is 2. The minimum absolute atomic E-state index is 0.125. The third-order valence-electron chi connectivity index (χ3n) is 9.58. The number of unbranched alkanes of at least 4 members (excludes halogenated alkanes) is 7. The van der Waals surface area contributed by atoms with Crippen molar-refractivity contribution in [3.05, 3.63) is 84.7 Å². The lowest BCUT2D eigenvalue weighted by Crippen LogP contribution is -2.25. The van der Waals surface area contributed by atoms with Crippen molar-refractivity contribution < 1.29 is 19.1 Å². The van der Waals surface area contributed by atoms with Crippen LogP contribution in [0.1, 0.15) is 124 Å². The first-order valence-corrected chi connectivity index (χ1v) is 22.0. The monoisotopic (exact) mass is 878 g/mol. The molecule has 2 aromatic heterocycles. The molecule has 0 N–H and O–H groups in total. The molecule has 0 aliphatic heterocycles. The minimum Gasteiger partial charge on any atom is -0.426 e. The van der Waals surface area contributed by atoms with Gasteiger partial charge in [0.05, 0.1) is 47.0 Å². The second-order valence-electron chi connectivity index (χ2n) is 14.1. The molecule has 0 aliphatic rings. The van der Waals surface area contributed by atoms with Crippen molar-refractivity contribution in [2.75, 3.05) is 0 Å². The molecule has 10 heteroatoms. The molecule has 2 aromatic carbocycles. The quantitative estimate of drug-likeness (QED) is 0.0353. The lowest BCUT2D eigenvalue weighted by Gasteiger charge is -2.15. The van der Waals surface area contributed by atoms with Gasteiger partial charge in [-0.05, 0) is 87.1 Å². The van der Waals surface area contributed by atoms with E-state index in [1.165, 1.54) is 51.4 Å². The Morgan fingerprint density at radius 2 is 0.891 bits per heavy atom. The molecule has 4 aromatic rings. The number of hydrogen-bond donors (Lipinski definition) is 0. The van der Waals surface area contributed by atoms with Crippen LogP contribution in [-0.2, 0) is 22.4 Å². The molecule has 0 radical (unpaired) electrons. The Hall–Kier alpha value is -3.50. The fraction of sp³-hybridized carbons (Fsp3) is 0.511. The summed E-state index contributed by atoms with van der Waals surface area (Å²) in [5, 5.41) is 0. The largest absolute Gasteiger partial charge is 0.426 e. The fourth-order valence-corrected chi connectivity index (χ4v) is 6.15. The Morgan fingerprint density at radius 1 is 0.527 bits per heavy atom. The van der Waals surface area contributed by atoms with Crippen LogP contribution in [0.2, 0.25) is 0 Å². The minimum atomic E-state index is -0.223. The molecule has 4 unspecified atom stereocenters. The van der Waals surface area contributed by atoms with Crippen LogP contribution in [0.15, 0.2) is 73.3 Å². The number of hydrogen-bond acceptors (Lipinski definition) is 8. The number of alkyl halides is 2. The Balaban J connectivity index is 0.000000296. The van der Waals surface area contributed by atoms with Crippen molar-refractivity contribution in [1.29, 1.82) is 0 Å². The van der Waals surface area contributed by atoms with Crippen LogP contribution < -0.4 is 9.47 Å². The summed E-state index contributed by atoms with van der Waals surface area (Å²) in [5.74, 6) is 0.272. The average Bonchev–Trinajstić information content (AvgIpc) is 3.22. The van der Waals surface area contributed by atoms with Crippen LogP contribution in [0.25, 0.3) is 22.5 Å². The number of carbonyl (C=O) groups excluding carboxylic acids is 2. The molecule has 2 heterocycles. The normalized spacial score (nSPS) is 13.2. The molecule has 0 saturated carbocycles. The highest BCUT2D eigenvalue weighted by atomic mass is 79.9. The van der Waals surface area contributed by atoms with Gasteiger partial charge >= 0.3 is 11.9 Å². The van der Waals surface area contributed by atoms with Crippen molar-refractivity contribution in [2.24, 2.45) is 11.8 Å². The van der Waals surface area contributed by atoms with E-state index >= 15 is 0 Å². The predicted molar refractivity (Wildman–Crippen MR) is 231 cm³/mol. The standard InChI is InChI=1S/C23H31BrN2O2.C22H29BrN2O2/c1-4-6-7-8-9-10-19-15-26-22(16-25-19)18-11-13-20(14-12-18)28-23(27)17(3)21(24)5-2;1-4-6-7-8-9-18-14-25-21(15-24-18)17-10-12-19(13-11-17)27-22(26)16(3)20(23)5-2/h11-17,21H,4-10H2,1-3H3;10-16,20H,4-9H2,1-3H3. The van der Waals surface area contributed by atoms with Gasteiger partial charge in [-0.2, -0.15) is 0 Å². The molecule has 8 nitrogen and oxygen atoms in total. The molecule has 4 rings (SSSR count). The summed E-state index contributed by atoms with van der Waals surface area (Å²) in [6.45, 7) is 12.3. The summed E-state index contributed by atoms with van der Waals surface area (Å²) in [6.07, 6.45) is 22.3. The average molecular weight is 881 g/mol. The van der Waals surface area contributed by atoms with E-state index in [9.17, 15) is 9.59 Å². The smallest absolute Gasteiger partial charge is 0.315 e.